The Morgan fingerprint density at radius 3 is 2.48 bits per heavy atom. The predicted molar refractivity (Wildman–Crippen MR) is 168 cm³/mol. The van der Waals surface area contributed by atoms with Crippen LogP contribution in [0.2, 0.25) is 0 Å². The van der Waals surface area contributed by atoms with E-state index in [0.717, 1.165) is 24.0 Å². The molecule has 8 atom stereocenters. The number of allylic oxidation sites excluding steroid dienone is 3. The number of aliphatic hydroxyl groups is 1. The van der Waals surface area contributed by atoms with Crippen molar-refractivity contribution in [2.75, 3.05) is 6.61 Å². The SMILES string of the molecule is CC(/C=C/[C@H]1O[C@H](CC(=O)Cc2ccc(C(N)=O)cc2)C[C@@]2(CO2)[C@@H]1O)=C\C[C@@H]1O[C@H](C)[C@H](NC(=O)/C=C\C(C)C)C[C@@H]1C. The number of hydrogen-bond donors (Lipinski definition) is 3. The molecule has 44 heavy (non-hydrogen) atoms. The zero-order valence-corrected chi connectivity index (χ0v) is 26.5. The molecular weight excluding hydrogens is 560 g/mol. The molecule has 4 rings (SSSR count). The maximum absolute atomic E-state index is 12.9. The van der Waals surface area contributed by atoms with E-state index in [1.165, 1.54) is 0 Å². The van der Waals surface area contributed by atoms with Crippen LogP contribution in [0.15, 0.2) is 60.2 Å². The van der Waals surface area contributed by atoms with E-state index in [2.05, 4.69) is 18.3 Å². The lowest BCUT2D eigenvalue weighted by molar-refractivity contribution is -0.143. The van der Waals surface area contributed by atoms with Gasteiger partial charge in [-0.1, -0.05) is 62.8 Å². The number of Topliss-reactive ketones (excluding diaryl/α,β-unsaturated/α-hetero) is 1. The van der Waals surface area contributed by atoms with Crippen LogP contribution >= 0.6 is 0 Å². The van der Waals surface area contributed by atoms with Crippen molar-refractivity contribution in [2.24, 2.45) is 17.6 Å². The molecule has 3 saturated heterocycles. The number of nitrogens with one attached hydrogen (secondary N) is 1. The van der Waals surface area contributed by atoms with Crippen molar-refractivity contribution in [3.05, 3.63) is 71.3 Å². The van der Waals surface area contributed by atoms with Crippen LogP contribution < -0.4 is 11.1 Å². The summed E-state index contributed by atoms with van der Waals surface area (Å²) < 4.78 is 18.2. The molecule has 0 saturated carbocycles. The fourth-order valence-electron chi connectivity index (χ4n) is 5.98. The molecule has 0 bridgehead atoms. The van der Waals surface area contributed by atoms with Gasteiger partial charge in [0.05, 0.1) is 31.0 Å². The third-order valence-electron chi connectivity index (χ3n) is 8.78. The van der Waals surface area contributed by atoms with Crippen LogP contribution in [0.4, 0.5) is 0 Å². The smallest absolute Gasteiger partial charge is 0.248 e. The summed E-state index contributed by atoms with van der Waals surface area (Å²) in [5.74, 6) is 0.0136. The number of benzene rings is 1. The summed E-state index contributed by atoms with van der Waals surface area (Å²) in [5, 5.41) is 14.1. The lowest BCUT2D eigenvalue weighted by Gasteiger charge is -2.39. The maximum Gasteiger partial charge on any atom is 0.248 e. The number of epoxide rings is 1. The second-order valence-corrected chi connectivity index (χ2v) is 13.1. The summed E-state index contributed by atoms with van der Waals surface area (Å²) in [6.07, 6.45) is 10.0. The predicted octanol–water partition coefficient (Wildman–Crippen LogP) is 3.98. The van der Waals surface area contributed by atoms with Gasteiger partial charge in [-0.15, -0.1) is 0 Å². The van der Waals surface area contributed by atoms with Gasteiger partial charge in [-0.25, -0.2) is 0 Å². The number of carbonyl (C=O) groups excluding carboxylic acids is 3. The molecule has 0 radical (unpaired) electrons. The van der Waals surface area contributed by atoms with E-state index in [1.54, 1.807) is 30.3 Å². The molecule has 2 amide bonds. The van der Waals surface area contributed by atoms with Crippen molar-refractivity contribution in [2.45, 2.75) is 109 Å². The Morgan fingerprint density at radius 2 is 1.84 bits per heavy atom. The van der Waals surface area contributed by atoms with Gasteiger partial charge in [0.25, 0.3) is 0 Å². The average molecular weight is 609 g/mol. The molecular formula is C35H48N2O7. The first kappa shape index (κ1) is 33.8. The number of ketones is 1. The molecule has 3 fully saturated rings. The molecule has 0 aromatic heterocycles. The molecule has 3 aliphatic heterocycles. The van der Waals surface area contributed by atoms with Crippen molar-refractivity contribution in [1.82, 2.24) is 5.32 Å². The summed E-state index contributed by atoms with van der Waals surface area (Å²) in [6, 6.07) is 6.68. The van der Waals surface area contributed by atoms with E-state index < -0.39 is 23.7 Å². The molecule has 240 valence electrons. The van der Waals surface area contributed by atoms with Gasteiger partial charge in [-0.2, -0.15) is 0 Å². The molecule has 3 aliphatic rings. The molecule has 1 aromatic carbocycles. The molecule has 4 N–H and O–H groups in total. The number of aliphatic hydroxyl groups excluding tert-OH is 1. The van der Waals surface area contributed by atoms with Gasteiger partial charge in [0.15, 0.2) is 0 Å². The van der Waals surface area contributed by atoms with Gasteiger partial charge in [0, 0.05) is 24.8 Å². The largest absolute Gasteiger partial charge is 0.387 e. The van der Waals surface area contributed by atoms with Crippen LogP contribution in [0, 0.1) is 11.8 Å². The summed E-state index contributed by atoms with van der Waals surface area (Å²) in [6.45, 7) is 10.7. The molecule has 1 spiro atoms. The Kier molecular flexibility index (Phi) is 11.3. The first-order valence-electron chi connectivity index (χ1n) is 15.7. The summed E-state index contributed by atoms with van der Waals surface area (Å²) in [7, 11) is 0. The van der Waals surface area contributed by atoms with Crippen LogP contribution in [0.3, 0.4) is 0 Å². The number of hydrogen-bond acceptors (Lipinski definition) is 7. The molecule has 9 nitrogen and oxygen atoms in total. The van der Waals surface area contributed by atoms with E-state index in [9.17, 15) is 19.5 Å². The van der Waals surface area contributed by atoms with E-state index in [4.69, 9.17) is 19.9 Å². The molecule has 3 heterocycles. The lowest BCUT2D eigenvalue weighted by Crippen LogP contribution is -2.50. The average Bonchev–Trinajstić information content (AvgIpc) is 3.74. The number of amides is 2. The van der Waals surface area contributed by atoms with Gasteiger partial charge in [0.2, 0.25) is 11.8 Å². The van der Waals surface area contributed by atoms with Crippen LogP contribution in [0.5, 0.6) is 0 Å². The summed E-state index contributed by atoms with van der Waals surface area (Å²) in [4.78, 5) is 36.4. The highest BCUT2D eigenvalue weighted by molar-refractivity contribution is 5.93. The Morgan fingerprint density at radius 1 is 1.14 bits per heavy atom. The highest BCUT2D eigenvalue weighted by Crippen LogP contribution is 2.43. The fourth-order valence-corrected chi connectivity index (χ4v) is 5.98. The second-order valence-electron chi connectivity index (χ2n) is 13.1. The minimum absolute atomic E-state index is 0.0116. The van der Waals surface area contributed by atoms with Gasteiger partial charge in [-0.3, -0.25) is 14.4 Å². The number of primary amides is 1. The van der Waals surface area contributed by atoms with Gasteiger partial charge >= 0.3 is 0 Å². The summed E-state index contributed by atoms with van der Waals surface area (Å²) >= 11 is 0. The van der Waals surface area contributed by atoms with Crippen LogP contribution in [0.1, 0.15) is 76.2 Å². The van der Waals surface area contributed by atoms with Crippen molar-refractivity contribution < 1.29 is 33.7 Å². The third-order valence-corrected chi connectivity index (χ3v) is 8.78. The topological polar surface area (TPSA) is 140 Å². The number of nitrogens with two attached hydrogens (primary N) is 1. The van der Waals surface area contributed by atoms with Crippen molar-refractivity contribution in [3.8, 4) is 0 Å². The molecule has 0 unspecified atom stereocenters. The van der Waals surface area contributed by atoms with E-state index in [1.807, 2.05) is 45.9 Å². The van der Waals surface area contributed by atoms with Gasteiger partial charge < -0.3 is 30.4 Å². The fraction of sp³-hybridized carbons (Fsp3) is 0.571. The van der Waals surface area contributed by atoms with Crippen LogP contribution in [0.25, 0.3) is 0 Å². The third kappa shape index (κ3) is 9.20. The second kappa shape index (κ2) is 14.8. The van der Waals surface area contributed by atoms with E-state index >= 15 is 0 Å². The van der Waals surface area contributed by atoms with Gasteiger partial charge in [0.1, 0.15) is 23.6 Å². The Hall–Kier alpha value is -3.11. The standard InChI is InChI=1S/C35H48N2O7/c1-21(2)6-15-32(39)37-29-16-23(4)30(43-24(29)5)13-7-22(3)8-14-31-33(40)35(20-42-35)19-28(44-31)18-27(38)17-25-9-11-26(12-10-25)34(36)41/h6-12,14-15,21,23-24,28-31,33,40H,13,16-20H2,1-5H3,(H2,36,41)(H,37,39)/b14-8+,15-6-,22-7+/t23-,24+,28+,29+,30-,31+,33+,35+/m0/s1. The van der Waals surface area contributed by atoms with Crippen LogP contribution in [-0.4, -0.2) is 71.5 Å². The first-order valence-corrected chi connectivity index (χ1v) is 15.7. The highest BCUT2D eigenvalue weighted by atomic mass is 16.6. The van der Waals surface area contributed by atoms with Crippen molar-refractivity contribution in [3.63, 3.8) is 0 Å². The number of carbonyl (C=O) groups is 3. The number of rotatable bonds is 12. The normalized spacial score (nSPS) is 32.4. The lowest BCUT2D eigenvalue weighted by atomic mass is 9.86. The highest BCUT2D eigenvalue weighted by Gasteiger charge is 2.58. The Balaban J connectivity index is 1.29. The van der Waals surface area contributed by atoms with E-state index in [-0.39, 0.29) is 54.8 Å². The Bertz CT molecular complexity index is 1260. The van der Waals surface area contributed by atoms with Crippen molar-refractivity contribution in [1.29, 1.82) is 0 Å². The van der Waals surface area contributed by atoms with E-state index in [0.29, 0.717) is 24.5 Å². The van der Waals surface area contributed by atoms with Crippen LogP contribution in [-0.2, 0) is 30.2 Å². The molecule has 1 aromatic rings. The van der Waals surface area contributed by atoms with Gasteiger partial charge in [-0.05, 0) is 62.3 Å². The van der Waals surface area contributed by atoms with Crippen molar-refractivity contribution >= 4 is 17.6 Å². The monoisotopic (exact) mass is 608 g/mol. The first-order chi connectivity index (χ1) is 20.8. The number of ether oxygens (including phenoxy) is 3. The summed E-state index contributed by atoms with van der Waals surface area (Å²) in [5.41, 5.74) is 6.85. The zero-order valence-electron chi connectivity index (χ0n) is 26.5. The quantitative estimate of drug-likeness (QED) is 0.185. The zero-order chi connectivity index (χ0) is 32.0. The Labute approximate surface area is 260 Å². The minimum Gasteiger partial charge on any atom is -0.387 e. The molecule has 0 aliphatic carbocycles. The molecule has 9 heteroatoms. The maximum atomic E-state index is 12.9. The minimum atomic E-state index is -0.815.